The van der Waals surface area contributed by atoms with Gasteiger partial charge in [-0.3, -0.25) is 4.79 Å². The second kappa shape index (κ2) is 4.57. The van der Waals surface area contributed by atoms with Crippen LogP contribution in [0, 0.1) is 5.82 Å². The van der Waals surface area contributed by atoms with Crippen LogP contribution in [0.3, 0.4) is 0 Å². The van der Waals surface area contributed by atoms with Gasteiger partial charge in [-0.05, 0) is 32.0 Å². The average molecular weight is 235 g/mol. The molecule has 3 nitrogen and oxygen atoms in total. The maximum absolute atomic E-state index is 13.3. The van der Waals surface area contributed by atoms with Crippen molar-refractivity contribution in [3.63, 3.8) is 0 Å². The van der Waals surface area contributed by atoms with Gasteiger partial charge in [0.05, 0.1) is 0 Å². The number of aryl methyl sites for hydroxylation is 1. The van der Waals surface area contributed by atoms with Crippen LogP contribution in [0.2, 0.25) is 0 Å². The minimum Gasteiger partial charge on any atom is -0.460 e. The lowest BCUT2D eigenvalue weighted by atomic mass is 10.1. The number of nitrogens with zero attached hydrogens (tertiary/aromatic N) is 1. The normalized spacial score (nSPS) is 12.6. The van der Waals surface area contributed by atoms with E-state index in [4.69, 9.17) is 4.74 Å². The molecule has 0 saturated heterocycles. The first-order valence-corrected chi connectivity index (χ1v) is 5.54. The first-order chi connectivity index (χ1) is 8.17. The molecule has 0 amide bonds. The zero-order chi connectivity index (χ0) is 12.4. The molecular formula is C13H14FNO2. The zero-order valence-electron chi connectivity index (χ0n) is 9.81. The highest BCUT2D eigenvalue weighted by Crippen LogP contribution is 2.28. The number of hydrogen-bond donors (Lipinski definition) is 0. The van der Waals surface area contributed by atoms with Crippen LogP contribution in [0.15, 0.2) is 24.4 Å². The molecule has 17 heavy (non-hydrogen) atoms. The minimum absolute atomic E-state index is 0.286. The van der Waals surface area contributed by atoms with Crippen molar-refractivity contribution >= 4 is 17.4 Å². The highest BCUT2D eigenvalue weighted by Gasteiger charge is 2.14. The molecule has 0 N–H and O–H groups in total. The van der Waals surface area contributed by atoms with Crippen LogP contribution in [0.25, 0.3) is 10.9 Å². The summed E-state index contributed by atoms with van der Waals surface area (Å²) >= 11 is 0. The Kier molecular flexibility index (Phi) is 3.13. The average Bonchev–Trinajstić information content (AvgIpc) is 2.67. The van der Waals surface area contributed by atoms with Crippen LogP contribution in [-0.4, -0.2) is 11.0 Å². The molecule has 1 atom stereocenters. The summed E-state index contributed by atoms with van der Waals surface area (Å²) in [6.07, 6.45) is 1.53. The lowest BCUT2D eigenvalue weighted by molar-refractivity contribution is -0.133. The maximum atomic E-state index is 13.3. The fourth-order valence-electron chi connectivity index (χ4n) is 2.04. The van der Waals surface area contributed by atoms with Gasteiger partial charge in [-0.25, -0.2) is 4.39 Å². The van der Waals surface area contributed by atoms with E-state index < -0.39 is 0 Å². The van der Waals surface area contributed by atoms with Gasteiger partial charge in [-0.15, -0.1) is 0 Å². The van der Waals surface area contributed by atoms with Crippen LogP contribution < -0.4 is 0 Å². The molecule has 0 aliphatic rings. The number of benzene rings is 1. The van der Waals surface area contributed by atoms with Gasteiger partial charge >= 0.3 is 0 Å². The van der Waals surface area contributed by atoms with E-state index in [0.717, 1.165) is 23.0 Å². The minimum atomic E-state index is -0.371. The summed E-state index contributed by atoms with van der Waals surface area (Å²) in [7, 11) is 0. The van der Waals surface area contributed by atoms with E-state index in [9.17, 15) is 9.18 Å². The molecule has 2 aromatic rings. The maximum Gasteiger partial charge on any atom is 0.293 e. The third kappa shape index (κ3) is 2.02. The molecule has 1 heterocycles. The van der Waals surface area contributed by atoms with E-state index in [-0.39, 0.29) is 11.9 Å². The number of fused-ring (bicyclic) bond motifs is 1. The number of hydrogen-bond acceptors (Lipinski definition) is 2. The summed E-state index contributed by atoms with van der Waals surface area (Å²) in [6, 6.07) is 4.65. The second-order valence-electron chi connectivity index (χ2n) is 3.91. The third-order valence-corrected chi connectivity index (χ3v) is 2.91. The first-order valence-electron chi connectivity index (χ1n) is 5.54. The van der Waals surface area contributed by atoms with Crippen molar-refractivity contribution in [3.8, 4) is 0 Å². The van der Waals surface area contributed by atoms with E-state index in [2.05, 4.69) is 0 Å². The Labute approximate surface area is 98.8 Å². The number of rotatable bonds is 4. The molecule has 90 valence electrons. The predicted octanol–water partition coefficient (Wildman–Crippen LogP) is 3.03. The Bertz CT molecular complexity index is 548. The molecule has 1 unspecified atom stereocenters. The van der Waals surface area contributed by atoms with Gasteiger partial charge in [0, 0.05) is 29.2 Å². The van der Waals surface area contributed by atoms with Crippen LogP contribution in [0.4, 0.5) is 4.39 Å². The Hall–Kier alpha value is -1.84. The van der Waals surface area contributed by atoms with Gasteiger partial charge in [0.15, 0.2) is 0 Å². The van der Waals surface area contributed by atoms with Gasteiger partial charge in [0.25, 0.3) is 6.47 Å². The summed E-state index contributed by atoms with van der Waals surface area (Å²) in [4.78, 5) is 10.4. The fraction of sp³-hybridized carbons (Fsp3) is 0.308. The molecule has 0 aliphatic carbocycles. The molecule has 2 rings (SSSR count). The molecular weight excluding hydrogens is 221 g/mol. The van der Waals surface area contributed by atoms with Crippen LogP contribution >= 0.6 is 0 Å². The number of ether oxygens (including phenoxy) is 1. The van der Waals surface area contributed by atoms with Gasteiger partial charge < -0.3 is 9.30 Å². The van der Waals surface area contributed by atoms with Gasteiger partial charge in [0.1, 0.15) is 11.9 Å². The van der Waals surface area contributed by atoms with Gasteiger partial charge in [-0.2, -0.15) is 0 Å². The second-order valence-corrected chi connectivity index (χ2v) is 3.91. The van der Waals surface area contributed by atoms with Gasteiger partial charge in [0.2, 0.25) is 0 Å². The molecule has 4 heteroatoms. The summed E-state index contributed by atoms with van der Waals surface area (Å²) in [5.41, 5.74) is 1.78. The van der Waals surface area contributed by atoms with Crippen molar-refractivity contribution in [2.24, 2.45) is 0 Å². The van der Waals surface area contributed by atoms with E-state index in [1.807, 2.05) is 17.7 Å². The molecule has 0 saturated carbocycles. The highest BCUT2D eigenvalue weighted by atomic mass is 19.1. The smallest absolute Gasteiger partial charge is 0.293 e. The van der Waals surface area contributed by atoms with Crippen molar-refractivity contribution in [1.82, 2.24) is 4.57 Å². The molecule has 1 aromatic heterocycles. The Morgan fingerprint density at radius 1 is 1.53 bits per heavy atom. The third-order valence-electron chi connectivity index (χ3n) is 2.91. The van der Waals surface area contributed by atoms with Crippen LogP contribution in [0.1, 0.15) is 25.5 Å². The lowest BCUT2D eigenvalue weighted by Crippen LogP contribution is -1.97. The first kappa shape index (κ1) is 11.6. The van der Waals surface area contributed by atoms with Crippen molar-refractivity contribution in [2.75, 3.05) is 0 Å². The number of halogens is 1. The lowest BCUT2D eigenvalue weighted by Gasteiger charge is -2.07. The van der Waals surface area contributed by atoms with Gasteiger partial charge in [-0.1, -0.05) is 0 Å². The zero-order valence-corrected chi connectivity index (χ0v) is 9.81. The molecule has 0 bridgehead atoms. The van der Waals surface area contributed by atoms with E-state index in [0.29, 0.717) is 6.47 Å². The fourth-order valence-corrected chi connectivity index (χ4v) is 2.04. The van der Waals surface area contributed by atoms with Crippen molar-refractivity contribution in [2.45, 2.75) is 26.5 Å². The molecule has 1 aromatic carbocycles. The molecule has 0 spiro atoms. The number of carbonyl (C=O) groups is 1. The Morgan fingerprint density at radius 2 is 2.29 bits per heavy atom. The Morgan fingerprint density at radius 3 is 2.94 bits per heavy atom. The van der Waals surface area contributed by atoms with E-state index in [1.165, 1.54) is 12.1 Å². The topological polar surface area (TPSA) is 31.2 Å². The van der Waals surface area contributed by atoms with E-state index in [1.54, 1.807) is 13.0 Å². The van der Waals surface area contributed by atoms with Crippen molar-refractivity contribution in [1.29, 1.82) is 0 Å². The van der Waals surface area contributed by atoms with Crippen LogP contribution in [0.5, 0.6) is 0 Å². The molecule has 0 radical (unpaired) electrons. The summed E-state index contributed by atoms with van der Waals surface area (Å²) in [6.45, 7) is 4.99. The largest absolute Gasteiger partial charge is 0.460 e. The van der Waals surface area contributed by atoms with Crippen molar-refractivity contribution in [3.05, 3.63) is 35.8 Å². The Balaban J connectivity index is 2.61. The predicted molar refractivity (Wildman–Crippen MR) is 63.1 cm³/mol. The quantitative estimate of drug-likeness (QED) is 0.763. The number of aromatic nitrogens is 1. The molecule has 0 aliphatic heterocycles. The van der Waals surface area contributed by atoms with E-state index >= 15 is 0 Å². The number of carbonyl (C=O) groups excluding carboxylic acids is 1. The summed E-state index contributed by atoms with van der Waals surface area (Å²) in [5.74, 6) is -0.286. The summed E-state index contributed by atoms with van der Waals surface area (Å²) < 4.78 is 20.2. The monoisotopic (exact) mass is 235 g/mol. The van der Waals surface area contributed by atoms with Crippen LogP contribution in [-0.2, 0) is 16.1 Å². The van der Waals surface area contributed by atoms with Crippen molar-refractivity contribution < 1.29 is 13.9 Å². The molecule has 0 fully saturated rings. The SMILES string of the molecule is CCn1cc(C(C)OC=O)c2cc(F)ccc21. The standard InChI is InChI=1S/C13H14FNO2/c1-3-15-7-12(9(2)17-8-16)11-6-10(14)4-5-13(11)15/h4-9H,3H2,1-2H3. The highest BCUT2D eigenvalue weighted by molar-refractivity contribution is 5.84. The summed E-state index contributed by atoms with van der Waals surface area (Å²) in [5, 5.41) is 0.793.